The number of nitrogens with one attached hydrogen (secondary N) is 1. The summed E-state index contributed by atoms with van der Waals surface area (Å²) in [5.74, 6) is 0.501. The molecule has 1 fully saturated rings. The van der Waals surface area contributed by atoms with Crippen LogP contribution in [0, 0.1) is 0 Å². The van der Waals surface area contributed by atoms with Gasteiger partial charge in [-0.05, 0) is 33.6 Å². The molecule has 29 heavy (non-hydrogen) atoms. The van der Waals surface area contributed by atoms with E-state index in [0.29, 0.717) is 24.4 Å². The summed E-state index contributed by atoms with van der Waals surface area (Å²) in [6.07, 6.45) is 7.00. The van der Waals surface area contributed by atoms with Crippen LogP contribution in [0.15, 0.2) is 24.7 Å². The van der Waals surface area contributed by atoms with Crippen LogP contribution in [-0.4, -0.2) is 48.5 Å². The van der Waals surface area contributed by atoms with Gasteiger partial charge < -0.3 is 15.8 Å². The maximum absolute atomic E-state index is 12.3. The third kappa shape index (κ3) is 3.95. The van der Waals surface area contributed by atoms with Crippen molar-refractivity contribution in [3.8, 4) is 11.1 Å². The highest BCUT2D eigenvalue weighted by molar-refractivity contribution is 5.77. The van der Waals surface area contributed by atoms with Crippen LogP contribution in [-0.2, 0) is 16.6 Å². The van der Waals surface area contributed by atoms with Gasteiger partial charge in [-0.15, -0.1) is 0 Å². The molecule has 154 valence electrons. The van der Waals surface area contributed by atoms with Crippen LogP contribution >= 0.6 is 0 Å². The summed E-state index contributed by atoms with van der Waals surface area (Å²) in [6.45, 7) is 6.28. The van der Waals surface area contributed by atoms with Gasteiger partial charge >= 0.3 is 5.97 Å². The Hall–Kier alpha value is -2.94. The molecule has 0 spiro atoms. The molecule has 1 aliphatic rings. The van der Waals surface area contributed by atoms with Crippen molar-refractivity contribution >= 4 is 17.4 Å². The molecular weight excluding hydrogens is 370 g/mol. The lowest BCUT2D eigenvalue weighted by molar-refractivity contribution is -0.158. The number of nitrogens with zero attached hydrogens (tertiary/aromatic N) is 5. The Labute approximate surface area is 169 Å². The van der Waals surface area contributed by atoms with Crippen LogP contribution in [0.2, 0.25) is 0 Å². The zero-order valence-corrected chi connectivity index (χ0v) is 17.2. The fraction of sp³-hybridized carbons (Fsp3) is 0.500. The Morgan fingerprint density at radius 3 is 2.69 bits per heavy atom. The van der Waals surface area contributed by atoms with Gasteiger partial charge in [0.05, 0.1) is 18.1 Å². The summed E-state index contributed by atoms with van der Waals surface area (Å²) >= 11 is 0. The second-order valence-corrected chi connectivity index (χ2v) is 8.57. The quantitative estimate of drug-likeness (QED) is 0.649. The highest BCUT2D eigenvalue weighted by atomic mass is 16.6. The maximum atomic E-state index is 12.3. The van der Waals surface area contributed by atoms with Gasteiger partial charge in [-0.25, -0.2) is 4.98 Å². The van der Waals surface area contributed by atoms with Gasteiger partial charge in [0.25, 0.3) is 0 Å². The SMILES string of the molecule is Cn1cc(-c2cnn3c(N)cc([C@H]4CC[C@@H](C(=O)OC(C)(C)C)NC4)nc23)cn1. The van der Waals surface area contributed by atoms with Crippen molar-refractivity contribution in [2.75, 3.05) is 12.3 Å². The summed E-state index contributed by atoms with van der Waals surface area (Å²) in [4.78, 5) is 17.2. The number of piperidine rings is 1. The molecule has 4 heterocycles. The first kappa shape index (κ1) is 19.4. The van der Waals surface area contributed by atoms with Crippen LogP contribution in [0.5, 0.6) is 0 Å². The van der Waals surface area contributed by atoms with Crippen molar-refractivity contribution in [1.82, 2.24) is 29.7 Å². The lowest BCUT2D eigenvalue weighted by atomic mass is 9.91. The molecule has 9 heteroatoms. The summed E-state index contributed by atoms with van der Waals surface area (Å²) in [5, 5.41) is 11.9. The predicted octanol–water partition coefficient (Wildman–Crippen LogP) is 1.89. The first-order valence-electron chi connectivity index (χ1n) is 9.80. The molecule has 9 nitrogen and oxygen atoms in total. The minimum atomic E-state index is -0.485. The van der Waals surface area contributed by atoms with Crippen molar-refractivity contribution in [3.05, 3.63) is 30.4 Å². The topological polar surface area (TPSA) is 112 Å². The van der Waals surface area contributed by atoms with Crippen LogP contribution in [0.3, 0.4) is 0 Å². The van der Waals surface area contributed by atoms with Crippen LogP contribution in [0.4, 0.5) is 5.82 Å². The molecule has 4 rings (SSSR count). The number of anilines is 1. The summed E-state index contributed by atoms with van der Waals surface area (Å²) in [7, 11) is 1.87. The average Bonchev–Trinajstić information content (AvgIpc) is 3.26. The summed E-state index contributed by atoms with van der Waals surface area (Å²) in [5.41, 5.74) is 9.21. The largest absolute Gasteiger partial charge is 0.459 e. The fourth-order valence-corrected chi connectivity index (χ4v) is 3.66. The minimum absolute atomic E-state index is 0.164. The first-order chi connectivity index (χ1) is 13.7. The molecule has 0 unspecified atom stereocenters. The number of esters is 1. The molecule has 0 radical (unpaired) electrons. The molecule has 0 aromatic carbocycles. The second kappa shape index (κ2) is 7.14. The van der Waals surface area contributed by atoms with E-state index < -0.39 is 5.60 Å². The van der Waals surface area contributed by atoms with Crippen LogP contribution in [0.1, 0.15) is 45.2 Å². The summed E-state index contributed by atoms with van der Waals surface area (Å²) < 4.78 is 8.88. The van der Waals surface area contributed by atoms with E-state index in [-0.39, 0.29) is 17.9 Å². The molecule has 3 aromatic heterocycles. The molecule has 1 aliphatic heterocycles. The molecule has 0 amide bonds. The number of nitrogens with two attached hydrogens (primary N) is 1. The Balaban J connectivity index is 1.55. The Bertz CT molecular complexity index is 1040. The van der Waals surface area contributed by atoms with Crippen molar-refractivity contribution < 1.29 is 9.53 Å². The number of aromatic nitrogens is 5. The van der Waals surface area contributed by atoms with Gasteiger partial charge in [0.15, 0.2) is 5.65 Å². The highest BCUT2D eigenvalue weighted by Gasteiger charge is 2.31. The lowest BCUT2D eigenvalue weighted by Gasteiger charge is -2.30. The number of ether oxygens (including phenoxy) is 1. The smallest absolute Gasteiger partial charge is 0.323 e. The first-order valence-corrected chi connectivity index (χ1v) is 9.80. The van der Waals surface area contributed by atoms with Gasteiger partial charge in [0, 0.05) is 42.9 Å². The zero-order chi connectivity index (χ0) is 20.8. The van der Waals surface area contributed by atoms with E-state index in [4.69, 9.17) is 15.5 Å². The van der Waals surface area contributed by atoms with E-state index in [9.17, 15) is 4.79 Å². The zero-order valence-electron chi connectivity index (χ0n) is 17.2. The Morgan fingerprint density at radius 2 is 2.07 bits per heavy atom. The summed E-state index contributed by atoms with van der Waals surface area (Å²) in [6, 6.07) is 1.58. The van der Waals surface area contributed by atoms with Gasteiger partial charge in [-0.3, -0.25) is 9.48 Å². The maximum Gasteiger partial charge on any atom is 0.323 e. The van der Waals surface area contributed by atoms with Crippen molar-refractivity contribution in [3.63, 3.8) is 0 Å². The minimum Gasteiger partial charge on any atom is -0.459 e. The van der Waals surface area contributed by atoms with Crippen LogP contribution < -0.4 is 11.1 Å². The number of carbonyl (C=O) groups excluding carboxylic acids is 1. The van der Waals surface area contributed by atoms with Gasteiger partial charge in [0.1, 0.15) is 17.5 Å². The molecule has 3 aromatic rings. The number of rotatable bonds is 3. The molecule has 0 bridgehead atoms. The predicted molar refractivity (Wildman–Crippen MR) is 109 cm³/mol. The van der Waals surface area contributed by atoms with Gasteiger partial charge in [-0.1, -0.05) is 0 Å². The molecule has 2 atom stereocenters. The van der Waals surface area contributed by atoms with Gasteiger partial charge in [-0.2, -0.15) is 14.7 Å². The molecule has 1 saturated heterocycles. The van der Waals surface area contributed by atoms with Crippen molar-refractivity contribution in [1.29, 1.82) is 0 Å². The van der Waals surface area contributed by atoms with E-state index in [1.54, 1.807) is 21.6 Å². The second-order valence-electron chi connectivity index (χ2n) is 8.57. The lowest BCUT2D eigenvalue weighted by Crippen LogP contribution is -2.46. The third-order valence-corrected chi connectivity index (χ3v) is 5.06. The van der Waals surface area contributed by atoms with E-state index in [2.05, 4.69) is 15.5 Å². The Morgan fingerprint density at radius 1 is 1.28 bits per heavy atom. The molecular formula is C20H27N7O2. The fourth-order valence-electron chi connectivity index (χ4n) is 3.66. The van der Waals surface area contributed by atoms with E-state index in [1.165, 1.54) is 0 Å². The molecule has 0 aliphatic carbocycles. The number of hydrogen-bond donors (Lipinski definition) is 2. The number of fused-ring (bicyclic) bond motifs is 1. The number of hydrogen-bond acceptors (Lipinski definition) is 7. The normalized spacial score (nSPS) is 20.1. The highest BCUT2D eigenvalue weighted by Crippen LogP contribution is 2.30. The number of nitrogen functional groups attached to an aromatic ring is 1. The van der Waals surface area contributed by atoms with E-state index in [1.807, 2.05) is 40.1 Å². The number of carbonyl (C=O) groups is 1. The Kier molecular flexibility index (Phi) is 4.77. The number of aryl methyl sites for hydroxylation is 1. The standard InChI is InChI=1S/C20H27N7O2/c1-20(2,3)29-19(28)15-6-5-12(8-22-15)16-7-17(21)27-18(25-16)14(10-24-27)13-9-23-26(4)11-13/h7,9-12,15,22H,5-6,8,21H2,1-4H3/t12-,15-/m0/s1. The van der Waals surface area contributed by atoms with E-state index in [0.717, 1.165) is 23.2 Å². The van der Waals surface area contributed by atoms with E-state index >= 15 is 0 Å². The van der Waals surface area contributed by atoms with Crippen LogP contribution in [0.25, 0.3) is 16.8 Å². The molecule has 3 N–H and O–H groups in total. The van der Waals surface area contributed by atoms with Gasteiger partial charge in [0.2, 0.25) is 0 Å². The molecule has 0 saturated carbocycles. The van der Waals surface area contributed by atoms with Crippen molar-refractivity contribution in [2.24, 2.45) is 7.05 Å². The average molecular weight is 397 g/mol. The monoisotopic (exact) mass is 397 g/mol. The van der Waals surface area contributed by atoms with Crippen molar-refractivity contribution in [2.45, 2.75) is 51.2 Å². The third-order valence-electron chi connectivity index (χ3n) is 5.06.